The van der Waals surface area contributed by atoms with Gasteiger partial charge in [0.1, 0.15) is 23.5 Å². The molecule has 0 spiro atoms. The normalized spacial score (nSPS) is 20.5. The molecule has 1 aromatic heterocycles. The van der Waals surface area contributed by atoms with Gasteiger partial charge in [-0.2, -0.15) is 0 Å². The summed E-state index contributed by atoms with van der Waals surface area (Å²) in [5, 5.41) is 3.65. The number of rotatable bonds is 9. The number of piperazine rings is 1. The largest absolute Gasteiger partial charge is 0.496 e. The standard InChI is InChI=1S/C35H42FN5O3/c1-24(2)22-41-33-26(16-25(23-42)17-30(33)29-9-5-6-10-31(29)43-3)19-35(41,27-8-7-11-37-20-27)40-14-12-39(13-15-40)34-32(44-4)18-28(36)21-38-34/h5-6,8-10,16-18,21,23-24,37H,7,11-15,19-20,22H2,1-4H3. The Balaban J connectivity index is 1.47. The van der Waals surface area contributed by atoms with Gasteiger partial charge in [0.25, 0.3) is 0 Å². The summed E-state index contributed by atoms with van der Waals surface area (Å²) in [6, 6.07) is 13.6. The molecule has 4 heterocycles. The molecule has 6 rings (SSSR count). The first-order valence-electron chi connectivity index (χ1n) is 15.5. The molecule has 3 aliphatic heterocycles. The van der Waals surface area contributed by atoms with Crippen molar-refractivity contribution in [2.24, 2.45) is 5.92 Å². The Kier molecular flexibility index (Phi) is 8.60. The molecular formula is C35H42FN5O3. The zero-order valence-electron chi connectivity index (χ0n) is 26.1. The van der Waals surface area contributed by atoms with Crippen molar-refractivity contribution >= 4 is 17.8 Å². The topological polar surface area (TPSA) is 70.2 Å². The summed E-state index contributed by atoms with van der Waals surface area (Å²) < 4.78 is 25.3. The quantitative estimate of drug-likeness (QED) is 0.267. The highest BCUT2D eigenvalue weighted by molar-refractivity contribution is 5.91. The molecule has 1 saturated heterocycles. The Morgan fingerprint density at radius 3 is 2.50 bits per heavy atom. The van der Waals surface area contributed by atoms with E-state index in [4.69, 9.17) is 9.47 Å². The third-order valence-electron chi connectivity index (χ3n) is 9.11. The fourth-order valence-electron chi connectivity index (χ4n) is 7.28. The number of benzene rings is 2. The van der Waals surface area contributed by atoms with Crippen molar-refractivity contribution in [1.29, 1.82) is 0 Å². The van der Waals surface area contributed by atoms with Gasteiger partial charge in [-0.15, -0.1) is 0 Å². The van der Waals surface area contributed by atoms with Crippen LogP contribution in [-0.2, 0) is 6.42 Å². The van der Waals surface area contributed by atoms with E-state index in [2.05, 4.69) is 57.1 Å². The van der Waals surface area contributed by atoms with Crippen LogP contribution in [0.3, 0.4) is 0 Å². The summed E-state index contributed by atoms with van der Waals surface area (Å²) in [5.74, 6) is 1.89. The van der Waals surface area contributed by atoms with Crippen LogP contribution in [0, 0.1) is 11.7 Å². The van der Waals surface area contributed by atoms with Crippen LogP contribution in [0.5, 0.6) is 11.5 Å². The zero-order valence-corrected chi connectivity index (χ0v) is 26.1. The Hall–Kier alpha value is -3.95. The highest BCUT2D eigenvalue weighted by atomic mass is 19.1. The monoisotopic (exact) mass is 599 g/mol. The SMILES string of the molecule is COc1ccccc1-c1cc(C=O)cc2c1N(CC(C)C)C(C1=CCCNC1)(N1CCN(c3ncc(F)cc3OC)CC1)C2. The third kappa shape index (κ3) is 5.32. The molecule has 1 unspecified atom stereocenters. The molecule has 232 valence electrons. The van der Waals surface area contributed by atoms with Crippen molar-refractivity contribution in [2.75, 3.05) is 69.8 Å². The minimum absolute atomic E-state index is 0.391. The first-order chi connectivity index (χ1) is 21.4. The van der Waals surface area contributed by atoms with Crippen molar-refractivity contribution < 1.29 is 18.7 Å². The average molecular weight is 600 g/mol. The number of hydrogen-bond acceptors (Lipinski definition) is 8. The summed E-state index contributed by atoms with van der Waals surface area (Å²) in [7, 11) is 3.25. The summed E-state index contributed by atoms with van der Waals surface area (Å²) in [4.78, 5) is 24.1. The van der Waals surface area contributed by atoms with Gasteiger partial charge in [0.05, 0.1) is 20.4 Å². The number of nitrogens with one attached hydrogen (secondary N) is 1. The zero-order chi connectivity index (χ0) is 30.8. The second kappa shape index (κ2) is 12.6. The maximum absolute atomic E-state index is 13.9. The molecule has 8 nitrogen and oxygen atoms in total. The van der Waals surface area contributed by atoms with Gasteiger partial charge in [0.15, 0.2) is 11.6 Å². The average Bonchev–Trinajstić information content (AvgIpc) is 3.38. The predicted octanol–water partition coefficient (Wildman–Crippen LogP) is 5.17. The van der Waals surface area contributed by atoms with Crippen molar-refractivity contribution in [1.82, 2.24) is 15.2 Å². The van der Waals surface area contributed by atoms with Gasteiger partial charge in [-0.3, -0.25) is 9.69 Å². The minimum Gasteiger partial charge on any atom is -0.496 e. The van der Waals surface area contributed by atoms with Gasteiger partial charge >= 0.3 is 0 Å². The molecule has 2 aromatic carbocycles. The molecular weight excluding hydrogens is 557 g/mol. The van der Waals surface area contributed by atoms with Crippen LogP contribution in [-0.4, -0.2) is 81.9 Å². The number of carbonyl (C=O) groups excluding carboxylic acids is 1. The molecule has 0 radical (unpaired) electrons. The first-order valence-corrected chi connectivity index (χ1v) is 15.5. The number of anilines is 2. The number of halogens is 1. The first kappa shape index (κ1) is 30.1. The van der Waals surface area contributed by atoms with Crippen molar-refractivity contribution in [3.05, 3.63) is 77.3 Å². The van der Waals surface area contributed by atoms with E-state index >= 15 is 0 Å². The smallest absolute Gasteiger partial charge is 0.171 e. The number of aldehydes is 1. The van der Waals surface area contributed by atoms with E-state index in [0.717, 1.165) is 81.8 Å². The Morgan fingerprint density at radius 1 is 1.05 bits per heavy atom. The van der Waals surface area contributed by atoms with E-state index in [9.17, 15) is 9.18 Å². The molecule has 1 N–H and O–H groups in total. The molecule has 1 fully saturated rings. The predicted molar refractivity (Wildman–Crippen MR) is 173 cm³/mol. The van der Waals surface area contributed by atoms with Crippen LogP contribution in [0.25, 0.3) is 11.1 Å². The van der Waals surface area contributed by atoms with Crippen molar-refractivity contribution in [2.45, 2.75) is 32.4 Å². The van der Waals surface area contributed by atoms with Gasteiger partial charge in [0, 0.05) is 74.1 Å². The summed E-state index contributed by atoms with van der Waals surface area (Å²) in [6.45, 7) is 10.2. The number of carbonyl (C=O) groups is 1. The number of nitrogens with zero attached hydrogens (tertiary/aromatic N) is 4. The van der Waals surface area contributed by atoms with Crippen LogP contribution in [0.4, 0.5) is 15.9 Å². The molecule has 0 aliphatic carbocycles. The lowest BCUT2D eigenvalue weighted by atomic mass is 9.88. The third-order valence-corrected chi connectivity index (χ3v) is 9.11. The maximum Gasteiger partial charge on any atom is 0.171 e. The number of para-hydroxylation sites is 1. The second-order valence-electron chi connectivity index (χ2n) is 12.2. The van der Waals surface area contributed by atoms with Crippen LogP contribution in [0.2, 0.25) is 0 Å². The number of fused-ring (bicyclic) bond motifs is 1. The highest BCUT2D eigenvalue weighted by Gasteiger charge is 2.52. The van der Waals surface area contributed by atoms with E-state index in [1.807, 2.05) is 24.3 Å². The number of ether oxygens (including phenoxy) is 2. The maximum atomic E-state index is 13.9. The van der Waals surface area contributed by atoms with Gasteiger partial charge in [0.2, 0.25) is 0 Å². The molecule has 3 aromatic rings. The Bertz CT molecular complexity index is 1550. The Morgan fingerprint density at radius 2 is 1.82 bits per heavy atom. The summed E-state index contributed by atoms with van der Waals surface area (Å²) in [5.41, 5.74) is 5.97. The van der Waals surface area contributed by atoms with Crippen LogP contribution >= 0.6 is 0 Å². The molecule has 0 saturated carbocycles. The van der Waals surface area contributed by atoms with Gasteiger partial charge in [-0.1, -0.05) is 38.1 Å². The Labute approximate surface area is 259 Å². The van der Waals surface area contributed by atoms with Crippen LogP contribution in [0.15, 0.2) is 60.3 Å². The molecule has 0 bridgehead atoms. The lowest BCUT2D eigenvalue weighted by Gasteiger charge is -2.53. The van der Waals surface area contributed by atoms with Crippen molar-refractivity contribution in [3.8, 4) is 22.6 Å². The molecule has 1 atom stereocenters. The number of hydrogen-bond donors (Lipinski definition) is 1. The summed E-state index contributed by atoms with van der Waals surface area (Å²) in [6.07, 6.45) is 6.38. The fourth-order valence-corrected chi connectivity index (χ4v) is 7.28. The van der Waals surface area contributed by atoms with Crippen molar-refractivity contribution in [3.63, 3.8) is 0 Å². The van der Waals surface area contributed by atoms with Crippen LogP contribution in [0.1, 0.15) is 36.2 Å². The number of aromatic nitrogens is 1. The second-order valence-corrected chi connectivity index (χ2v) is 12.2. The minimum atomic E-state index is -0.412. The number of methoxy groups -OCH3 is 2. The van der Waals surface area contributed by atoms with Gasteiger partial charge in [-0.05, 0) is 48.2 Å². The molecule has 44 heavy (non-hydrogen) atoms. The van der Waals surface area contributed by atoms with E-state index < -0.39 is 11.5 Å². The highest BCUT2D eigenvalue weighted by Crippen LogP contribution is 2.51. The fraction of sp³-hybridized carbons (Fsp3) is 0.429. The van der Waals surface area contributed by atoms with Gasteiger partial charge < -0.3 is 24.6 Å². The van der Waals surface area contributed by atoms with E-state index in [-0.39, 0.29) is 0 Å². The number of pyridine rings is 1. The van der Waals surface area contributed by atoms with E-state index in [0.29, 0.717) is 23.0 Å². The molecule has 3 aliphatic rings. The lowest BCUT2D eigenvalue weighted by Crippen LogP contribution is -2.67. The van der Waals surface area contributed by atoms with E-state index in [1.165, 1.54) is 29.1 Å². The van der Waals surface area contributed by atoms with E-state index in [1.54, 1.807) is 14.2 Å². The molecule has 0 amide bonds. The summed E-state index contributed by atoms with van der Waals surface area (Å²) >= 11 is 0. The van der Waals surface area contributed by atoms with Crippen LogP contribution < -0.4 is 24.6 Å². The molecule has 9 heteroatoms. The lowest BCUT2D eigenvalue weighted by molar-refractivity contribution is 0.107. The van der Waals surface area contributed by atoms with Gasteiger partial charge in [-0.25, -0.2) is 9.37 Å².